The molecule has 0 aromatic carbocycles. The molecule has 0 aliphatic carbocycles. The van der Waals surface area contributed by atoms with Crippen molar-refractivity contribution in [3.05, 3.63) is 0 Å². The van der Waals surface area contributed by atoms with Crippen LogP contribution in [0.15, 0.2) is 0 Å². The summed E-state index contributed by atoms with van der Waals surface area (Å²) in [5, 5.41) is 0. The number of ether oxygens (including phenoxy) is 3. The van der Waals surface area contributed by atoms with Gasteiger partial charge in [0.25, 0.3) is 0 Å². The molecular formula is C7H14O3. The van der Waals surface area contributed by atoms with E-state index < -0.39 is 0 Å². The van der Waals surface area contributed by atoms with Crippen molar-refractivity contribution >= 4 is 0 Å². The minimum absolute atomic E-state index is 0.0887. The zero-order chi connectivity index (χ0) is 7.40. The molecule has 0 unspecified atom stereocenters. The summed E-state index contributed by atoms with van der Waals surface area (Å²) in [6.45, 7) is 6.06. The highest BCUT2D eigenvalue weighted by Gasteiger charge is 2.23. The molecule has 3 nitrogen and oxygen atoms in total. The van der Waals surface area contributed by atoms with Crippen LogP contribution in [0.2, 0.25) is 0 Å². The van der Waals surface area contributed by atoms with Crippen molar-refractivity contribution in [2.24, 2.45) is 0 Å². The lowest BCUT2D eigenvalue weighted by atomic mass is 10.5. The molecule has 0 radical (unpaired) electrons. The Kier molecular flexibility index (Phi) is 3.12. The van der Waals surface area contributed by atoms with Crippen molar-refractivity contribution in [3.63, 3.8) is 0 Å². The SMILES string of the molecule is CCO[C@H](C)OC[C@H]1CO1. The van der Waals surface area contributed by atoms with E-state index in [1.54, 1.807) is 0 Å². The fourth-order valence-corrected chi connectivity index (χ4v) is 0.690. The molecule has 0 saturated carbocycles. The van der Waals surface area contributed by atoms with Crippen LogP contribution in [0.5, 0.6) is 0 Å². The van der Waals surface area contributed by atoms with Crippen LogP contribution >= 0.6 is 0 Å². The molecule has 0 aromatic heterocycles. The van der Waals surface area contributed by atoms with Gasteiger partial charge < -0.3 is 14.2 Å². The first-order valence-corrected chi connectivity index (χ1v) is 3.67. The van der Waals surface area contributed by atoms with Crippen LogP contribution in [0.1, 0.15) is 13.8 Å². The van der Waals surface area contributed by atoms with Crippen LogP contribution in [0, 0.1) is 0 Å². The predicted molar refractivity (Wildman–Crippen MR) is 36.8 cm³/mol. The molecule has 0 amide bonds. The van der Waals surface area contributed by atoms with Gasteiger partial charge in [0.2, 0.25) is 0 Å². The first-order valence-electron chi connectivity index (χ1n) is 3.67. The second-order valence-electron chi connectivity index (χ2n) is 2.31. The summed E-state index contributed by atoms with van der Waals surface area (Å²) in [6.07, 6.45) is 0.247. The molecule has 3 heteroatoms. The van der Waals surface area contributed by atoms with Gasteiger partial charge in [-0.2, -0.15) is 0 Å². The van der Waals surface area contributed by atoms with E-state index in [1.165, 1.54) is 0 Å². The van der Waals surface area contributed by atoms with E-state index in [9.17, 15) is 0 Å². The highest BCUT2D eigenvalue weighted by Crippen LogP contribution is 2.09. The van der Waals surface area contributed by atoms with E-state index in [0.29, 0.717) is 19.3 Å². The summed E-state index contributed by atoms with van der Waals surface area (Å²) in [7, 11) is 0. The molecule has 1 aliphatic rings. The second kappa shape index (κ2) is 3.91. The Morgan fingerprint density at radius 1 is 1.60 bits per heavy atom. The first-order chi connectivity index (χ1) is 4.83. The molecule has 1 rings (SSSR count). The Bertz CT molecular complexity index is 90.9. The monoisotopic (exact) mass is 146 g/mol. The molecule has 10 heavy (non-hydrogen) atoms. The largest absolute Gasteiger partial charge is 0.371 e. The van der Waals surface area contributed by atoms with Crippen molar-refractivity contribution in [3.8, 4) is 0 Å². The summed E-state index contributed by atoms with van der Waals surface area (Å²) in [5.41, 5.74) is 0. The molecule has 1 heterocycles. The van der Waals surface area contributed by atoms with Gasteiger partial charge in [0, 0.05) is 6.61 Å². The predicted octanol–water partition coefficient (Wildman–Crippen LogP) is 0.784. The number of rotatable bonds is 5. The van der Waals surface area contributed by atoms with Crippen LogP contribution in [-0.2, 0) is 14.2 Å². The molecule has 1 aliphatic heterocycles. The smallest absolute Gasteiger partial charge is 0.154 e. The van der Waals surface area contributed by atoms with Crippen molar-refractivity contribution in [2.45, 2.75) is 26.2 Å². The van der Waals surface area contributed by atoms with Crippen molar-refractivity contribution in [2.75, 3.05) is 19.8 Å². The number of hydrogen-bond donors (Lipinski definition) is 0. The summed E-state index contributed by atoms with van der Waals surface area (Å²) in [4.78, 5) is 0. The van der Waals surface area contributed by atoms with E-state index in [4.69, 9.17) is 14.2 Å². The van der Waals surface area contributed by atoms with E-state index in [0.717, 1.165) is 6.61 Å². The summed E-state index contributed by atoms with van der Waals surface area (Å²) in [6, 6.07) is 0. The lowest BCUT2D eigenvalue weighted by Gasteiger charge is -2.10. The van der Waals surface area contributed by atoms with E-state index in [2.05, 4.69) is 0 Å². The molecule has 1 saturated heterocycles. The van der Waals surface area contributed by atoms with E-state index in [1.807, 2.05) is 13.8 Å². The zero-order valence-corrected chi connectivity index (χ0v) is 6.50. The Hall–Kier alpha value is -0.120. The van der Waals surface area contributed by atoms with Crippen LogP contribution in [0.4, 0.5) is 0 Å². The summed E-state index contributed by atoms with van der Waals surface area (Å²) < 4.78 is 15.4. The van der Waals surface area contributed by atoms with Gasteiger partial charge in [0.05, 0.1) is 13.2 Å². The standard InChI is InChI=1S/C7H14O3/c1-3-8-6(2)9-4-7-5-10-7/h6-7H,3-5H2,1-2H3/t6-,7-/m0/s1. The van der Waals surface area contributed by atoms with Crippen LogP contribution in [-0.4, -0.2) is 32.2 Å². The Morgan fingerprint density at radius 2 is 2.30 bits per heavy atom. The number of epoxide rings is 1. The summed E-state index contributed by atoms with van der Waals surface area (Å²) in [5.74, 6) is 0. The fourth-order valence-electron chi connectivity index (χ4n) is 0.690. The average molecular weight is 146 g/mol. The maximum atomic E-state index is 5.26. The van der Waals surface area contributed by atoms with E-state index in [-0.39, 0.29) is 6.29 Å². The molecule has 60 valence electrons. The van der Waals surface area contributed by atoms with Crippen molar-refractivity contribution in [1.82, 2.24) is 0 Å². The summed E-state index contributed by atoms with van der Waals surface area (Å²) >= 11 is 0. The van der Waals surface area contributed by atoms with Gasteiger partial charge in [-0.05, 0) is 13.8 Å². The Balaban J connectivity index is 1.89. The van der Waals surface area contributed by atoms with Gasteiger partial charge in [-0.25, -0.2) is 0 Å². The van der Waals surface area contributed by atoms with Gasteiger partial charge in [0.1, 0.15) is 6.10 Å². The van der Waals surface area contributed by atoms with E-state index >= 15 is 0 Å². The van der Waals surface area contributed by atoms with Crippen molar-refractivity contribution in [1.29, 1.82) is 0 Å². The third-order valence-electron chi connectivity index (χ3n) is 1.32. The molecule has 0 N–H and O–H groups in total. The Labute approximate surface area is 61.3 Å². The third kappa shape index (κ3) is 3.15. The van der Waals surface area contributed by atoms with Crippen molar-refractivity contribution < 1.29 is 14.2 Å². The molecule has 0 aromatic rings. The first kappa shape index (κ1) is 7.98. The molecule has 0 bridgehead atoms. The van der Waals surface area contributed by atoms with Gasteiger partial charge in [-0.3, -0.25) is 0 Å². The van der Waals surface area contributed by atoms with Gasteiger partial charge >= 0.3 is 0 Å². The van der Waals surface area contributed by atoms with Gasteiger partial charge in [0.15, 0.2) is 6.29 Å². The minimum Gasteiger partial charge on any atom is -0.371 e. The molecular weight excluding hydrogens is 132 g/mol. The quantitative estimate of drug-likeness (QED) is 0.424. The second-order valence-corrected chi connectivity index (χ2v) is 2.31. The van der Waals surface area contributed by atoms with Crippen LogP contribution < -0.4 is 0 Å². The third-order valence-corrected chi connectivity index (χ3v) is 1.32. The minimum atomic E-state index is -0.0887. The van der Waals surface area contributed by atoms with Crippen LogP contribution in [0.25, 0.3) is 0 Å². The molecule has 1 fully saturated rings. The lowest BCUT2D eigenvalue weighted by molar-refractivity contribution is -0.129. The number of hydrogen-bond acceptors (Lipinski definition) is 3. The Morgan fingerprint density at radius 3 is 2.80 bits per heavy atom. The highest BCUT2D eigenvalue weighted by molar-refractivity contribution is 4.67. The fraction of sp³-hybridized carbons (Fsp3) is 1.00. The maximum Gasteiger partial charge on any atom is 0.154 e. The lowest BCUT2D eigenvalue weighted by Crippen LogP contribution is -2.15. The molecule has 0 spiro atoms. The molecule has 2 atom stereocenters. The van der Waals surface area contributed by atoms with Gasteiger partial charge in [-0.15, -0.1) is 0 Å². The zero-order valence-electron chi connectivity index (χ0n) is 6.50. The topological polar surface area (TPSA) is 31.0 Å². The van der Waals surface area contributed by atoms with Crippen LogP contribution in [0.3, 0.4) is 0 Å². The highest BCUT2D eigenvalue weighted by atomic mass is 16.7. The maximum absolute atomic E-state index is 5.26. The average Bonchev–Trinajstić information content (AvgIpc) is 2.67. The van der Waals surface area contributed by atoms with Gasteiger partial charge in [-0.1, -0.05) is 0 Å². The normalized spacial score (nSPS) is 26.4.